The minimum atomic E-state index is -4.80. The van der Waals surface area contributed by atoms with Crippen LogP contribution >= 0.6 is 0 Å². The summed E-state index contributed by atoms with van der Waals surface area (Å²) < 4.78 is 46.3. The Kier molecular flexibility index (Phi) is 7.12. The van der Waals surface area contributed by atoms with Crippen LogP contribution in [-0.4, -0.2) is 30.2 Å². The second kappa shape index (κ2) is 8.03. The van der Waals surface area contributed by atoms with Crippen LogP contribution < -0.4 is 0 Å². The van der Waals surface area contributed by atoms with Gasteiger partial charge in [0.1, 0.15) is 11.5 Å². The molecule has 0 aliphatic heterocycles. The number of allylic oxidation sites excluding steroid dienone is 3. The van der Waals surface area contributed by atoms with Crippen molar-refractivity contribution < 1.29 is 32.6 Å². The SMILES string of the molecule is C=C(\C=C(/C=C\C(=N\O)C(F)(F)F)OC)OC(=O)CC. The summed E-state index contributed by atoms with van der Waals surface area (Å²) in [5.41, 5.74) is -1.50. The van der Waals surface area contributed by atoms with Gasteiger partial charge in [-0.15, -0.1) is 0 Å². The first-order valence-electron chi connectivity index (χ1n) is 5.37. The summed E-state index contributed by atoms with van der Waals surface area (Å²) in [6.07, 6.45) is -2.15. The van der Waals surface area contributed by atoms with Crippen LogP contribution in [0.2, 0.25) is 0 Å². The molecule has 0 saturated heterocycles. The third kappa shape index (κ3) is 6.62. The summed E-state index contributed by atoms with van der Waals surface area (Å²) in [5, 5.41) is 10.4. The number of carbonyl (C=O) groups excluding carboxylic acids is 1. The van der Waals surface area contributed by atoms with Gasteiger partial charge in [0.25, 0.3) is 0 Å². The van der Waals surface area contributed by atoms with Gasteiger partial charge in [-0.05, 0) is 12.2 Å². The molecule has 0 rings (SSSR count). The minimum Gasteiger partial charge on any atom is -0.497 e. The molecule has 0 aliphatic rings. The number of halogens is 3. The van der Waals surface area contributed by atoms with Gasteiger partial charge >= 0.3 is 12.1 Å². The molecule has 0 atom stereocenters. The van der Waals surface area contributed by atoms with E-state index in [-0.39, 0.29) is 17.9 Å². The van der Waals surface area contributed by atoms with Crippen molar-refractivity contribution in [3.05, 3.63) is 36.3 Å². The summed E-state index contributed by atoms with van der Waals surface area (Å²) in [4.78, 5) is 11.0. The second-order valence-corrected chi connectivity index (χ2v) is 3.36. The molecule has 0 aromatic rings. The van der Waals surface area contributed by atoms with Crippen LogP contribution in [0.25, 0.3) is 0 Å². The second-order valence-electron chi connectivity index (χ2n) is 3.36. The number of esters is 1. The average Bonchev–Trinajstić information content (AvgIpc) is 2.36. The van der Waals surface area contributed by atoms with Gasteiger partial charge in [0, 0.05) is 12.5 Å². The molecular formula is C12H14F3NO4. The molecular weight excluding hydrogens is 279 g/mol. The van der Waals surface area contributed by atoms with E-state index >= 15 is 0 Å². The Morgan fingerprint density at radius 1 is 1.40 bits per heavy atom. The predicted molar refractivity (Wildman–Crippen MR) is 65.0 cm³/mol. The van der Waals surface area contributed by atoms with Crippen LogP contribution in [0.4, 0.5) is 13.2 Å². The highest BCUT2D eigenvalue weighted by Crippen LogP contribution is 2.18. The highest BCUT2D eigenvalue weighted by atomic mass is 19.4. The van der Waals surface area contributed by atoms with Crippen LogP contribution in [0.1, 0.15) is 13.3 Å². The molecule has 0 aromatic heterocycles. The van der Waals surface area contributed by atoms with E-state index in [0.717, 1.165) is 12.2 Å². The molecule has 0 fully saturated rings. The number of carbonyl (C=O) groups is 1. The first-order chi connectivity index (χ1) is 9.24. The van der Waals surface area contributed by atoms with E-state index in [9.17, 15) is 18.0 Å². The Balaban J connectivity index is 4.94. The maximum Gasteiger partial charge on any atom is 0.436 e. The van der Waals surface area contributed by atoms with Gasteiger partial charge in [-0.1, -0.05) is 18.7 Å². The Bertz CT molecular complexity index is 450. The molecule has 20 heavy (non-hydrogen) atoms. The van der Waals surface area contributed by atoms with Gasteiger partial charge in [0.05, 0.1) is 7.11 Å². The summed E-state index contributed by atoms with van der Waals surface area (Å²) >= 11 is 0. The normalized spacial score (nSPS) is 13.4. The van der Waals surface area contributed by atoms with Gasteiger partial charge < -0.3 is 14.7 Å². The first-order valence-corrected chi connectivity index (χ1v) is 5.37. The summed E-state index contributed by atoms with van der Waals surface area (Å²) in [7, 11) is 1.20. The van der Waals surface area contributed by atoms with Gasteiger partial charge in [-0.25, -0.2) is 0 Å². The number of rotatable bonds is 6. The van der Waals surface area contributed by atoms with Gasteiger partial charge in [0.2, 0.25) is 0 Å². The maximum absolute atomic E-state index is 12.3. The summed E-state index contributed by atoms with van der Waals surface area (Å²) in [5.74, 6) is -0.698. The fourth-order valence-corrected chi connectivity index (χ4v) is 0.927. The number of oxime groups is 1. The zero-order chi connectivity index (χ0) is 15.8. The van der Waals surface area contributed by atoms with Gasteiger partial charge in [-0.3, -0.25) is 4.79 Å². The molecule has 0 aromatic carbocycles. The average molecular weight is 293 g/mol. The smallest absolute Gasteiger partial charge is 0.436 e. The van der Waals surface area contributed by atoms with Crippen LogP contribution in [0.5, 0.6) is 0 Å². The molecule has 0 amide bonds. The molecule has 0 heterocycles. The lowest BCUT2D eigenvalue weighted by Gasteiger charge is -2.06. The molecule has 0 spiro atoms. The van der Waals surface area contributed by atoms with Crippen LogP contribution in [0, 0.1) is 0 Å². The topological polar surface area (TPSA) is 68.1 Å². The lowest BCUT2D eigenvalue weighted by Crippen LogP contribution is -2.20. The quantitative estimate of drug-likeness (QED) is 0.204. The van der Waals surface area contributed by atoms with E-state index in [1.165, 1.54) is 7.11 Å². The fraction of sp³-hybridized carbons (Fsp3) is 0.333. The van der Waals surface area contributed by atoms with Crippen LogP contribution in [-0.2, 0) is 14.3 Å². The van der Waals surface area contributed by atoms with Crippen LogP contribution in [0.3, 0.4) is 0 Å². The third-order valence-electron chi connectivity index (χ3n) is 1.88. The number of methoxy groups -OCH3 is 1. The van der Waals surface area contributed by atoms with Crippen LogP contribution in [0.15, 0.2) is 41.5 Å². The molecule has 8 heteroatoms. The van der Waals surface area contributed by atoms with Crippen molar-refractivity contribution in [3.8, 4) is 0 Å². The van der Waals surface area contributed by atoms with Crippen molar-refractivity contribution in [1.29, 1.82) is 0 Å². The molecule has 0 bridgehead atoms. The van der Waals surface area contributed by atoms with Crippen molar-refractivity contribution in [3.63, 3.8) is 0 Å². The monoisotopic (exact) mass is 293 g/mol. The summed E-state index contributed by atoms with van der Waals surface area (Å²) in [6, 6.07) is 0. The van der Waals surface area contributed by atoms with E-state index in [4.69, 9.17) is 14.7 Å². The molecule has 112 valence electrons. The van der Waals surface area contributed by atoms with E-state index in [0.29, 0.717) is 6.08 Å². The molecule has 0 aliphatic carbocycles. The van der Waals surface area contributed by atoms with E-state index < -0.39 is 17.9 Å². The summed E-state index contributed by atoms with van der Waals surface area (Å²) in [6.45, 7) is 4.96. The largest absolute Gasteiger partial charge is 0.497 e. The number of nitrogens with zero attached hydrogens (tertiary/aromatic N) is 1. The van der Waals surface area contributed by atoms with E-state index in [1.54, 1.807) is 6.92 Å². The zero-order valence-electron chi connectivity index (χ0n) is 10.9. The first kappa shape index (κ1) is 17.8. The van der Waals surface area contributed by atoms with E-state index in [2.05, 4.69) is 11.7 Å². The number of ether oxygens (including phenoxy) is 2. The highest BCUT2D eigenvalue weighted by Gasteiger charge is 2.34. The maximum atomic E-state index is 12.3. The van der Waals surface area contributed by atoms with Gasteiger partial charge in [-0.2, -0.15) is 13.2 Å². The third-order valence-corrected chi connectivity index (χ3v) is 1.88. The van der Waals surface area contributed by atoms with E-state index in [1.807, 2.05) is 0 Å². The van der Waals surface area contributed by atoms with Gasteiger partial charge in [0.15, 0.2) is 5.71 Å². The van der Waals surface area contributed by atoms with Crippen molar-refractivity contribution in [1.82, 2.24) is 0 Å². The highest BCUT2D eigenvalue weighted by molar-refractivity contribution is 5.99. The van der Waals surface area contributed by atoms with Crippen molar-refractivity contribution in [2.45, 2.75) is 19.5 Å². The molecule has 1 N–H and O–H groups in total. The molecule has 0 saturated carbocycles. The standard InChI is InChI=1S/C12H14F3NO4/c1-4-11(17)20-8(2)7-9(19-3)5-6-10(16-18)12(13,14)15/h5-7,18H,2,4H2,1,3H3/b6-5-,9-7+,16-10-. The van der Waals surface area contributed by atoms with Crippen molar-refractivity contribution >= 4 is 11.7 Å². The number of hydrogen-bond acceptors (Lipinski definition) is 5. The molecule has 0 unspecified atom stereocenters. The number of hydrogen-bond donors (Lipinski definition) is 1. The lowest BCUT2D eigenvalue weighted by molar-refractivity contribution is -0.138. The Labute approximate surface area is 113 Å². The van der Waals surface area contributed by atoms with Crippen molar-refractivity contribution in [2.75, 3.05) is 7.11 Å². The predicted octanol–water partition coefficient (Wildman–Crippen LogP) is 2.93. The minimum absolute atomic E-state index is 0.0655. The fourth-order valence-electron chi connectivity index (χ4n) is 0.927. The van der Waals surface area contributed by atoms with Crippen molar-refractivity contribution in [2.24, 2.45) is 5.16 Å². The molecule has 5 nitrogen and oxygen atoms in total. The Morgan fingerprint density at radius 2 is 2.00 bits per heavy atom. The molecule has 0 radical (unpaired) electrons. The Hall–Kier alpha value is -2.25. The Morgan fingerprint density at radius 3 is 2.40 bits per heavy atom. The lowest BCUT2D eigenvalue weighted by atomic mass is 10.3. The zero-order valence-corrected chi connectivity index (χ0v) is 10.9. The number of alkyl halides is 3.